The van der Waals surface area contributed by atoms with Gasteiger partial charge in [0.2, 0.25) is 0 Å². The van der Waals surface area contributed by atoms with Crippen molar-refractivity contribution in [3.63, 3.8) is 0 Å². The molecule has 8 nitrogen and oxygen atoms in total. The van der Waals surface area contributed by atoms with Crippen molar-refractivity contribution in [2.75, 3.05) is 48.4 Å². The van der Waals surface area contributed by atoms with E-state index >= 15 is 0 Å². The van der Waals surface area contributed by atoms with Gasteiger partial charge < -0.3 is 25.0 Å². The molecule has 0 atom stereocenters. The summed E-state index contributed by atoms with van der Waals surface area (Å²) in [5, 5.41) is 12.6. The topological polar surface area (TPSA) is 95.0 Å². The summed E-state index contributed by atoms with van der Waals surface area (Å²) in [6.45, 7) is 4.54. The van der Waals surface area contributed by atoms with Gasteiger partial charge in [-0.1, -0.05) is 24.3 Å². The predicted molar refractivity (Wildman–Crippen MR) is 128 cm³/mol. The number of carbonyl (C=O) groups excluding carboxylic acids is 1. The van der Waals surface area contributed by atoms with E-state index in [9.17, 15) is 14.7 Å². The molecule has 2 aromatic carbocycles. The molecule has 0 radical (unpaired) electrons. The molecule has 0 unspecified atom stereocenters. The number of nitrogens with one attached hydrogen (secondary N) is 1. The Bertz CT molecular complexity index is 1170. The normalized spacial score (nSPS) is 13.5. The summed E-state index contributed by atoms with van der Waals surface area (Å²) >= 11 is 0. The maximum absolute atomic E-state index is 12.6. The van der Waals surface area contributed by atoms with Gasteiger partial charge in [0.1, 0.15) is 17.1 Å². The lowest BCUT2D eigenvalue weighted by molar-refractivity contribution is 0.0696. The third kappa shape index (κ3) is 4.90. The van der Waals surface area contributed by atoms with Crippen LogP contribution in [0.1, 0.15) is 26.3 Å². The Kier molecular flexibility index (Phi) is 6.44. The Morgan fingerprint density at radius 1 is 0.970 bits per heavy atom. The van der Waals surface area contributed by atoms with Crippen LogP contribution in [0, 0.1) is 6.92 Å². The van der Waals surface area contributed by atoms with E-state index in [0.717, 1.165) is 30.1 Å². The van der Waals surface area contributed by atoms with Gasteiger partial charge in [0.05, 0.1) is 19.0 Å². The molecule has 33 heavy (non-hydrogen) atoms. The zero-order chi connectivity index (χ0) is 23.4. The molecule has 1 fully saturated rings. The zero-order valence-corrected chi connectivity index (χ0v) is 18.6. The van der Waals surface area contributed by atoms with E-state index in [-0.39, 0.29) is 11.5 Å². The summed E-state index contributed by atoms with van der Waals surface area (Å²) in [5.74, 6) is -0.180. The highest BCUT2D eigenvalue weighted by atomic mass is 16.5. The lowest BCUT2D eigenvalue weighted by Gasteiger charge is -2.37. The van der Waals surface area contributed by atoms with Crippen molar-refractivity contribution in [3.05, 3.63) is 77.5 Å². The summed E-state index contributed by atoms with van der Waals surface area (Å²) in [4.78, 5) is 33.2. The van der Waals surface area contributed by atoms with Gasteiger partial charge in [-0.15, -0.1) is 0 Å². The number of ether oxygens (including phenoxy) is 1. The molecule has 0 spiro atoms. The summed E-state index contributed by atoms with van der Waals surface area (Å²) in [7, 11) is 1.64. The van der Waals surface area contributed by atoms with Gasteiger partial charge in [-0.25, -0.2) is 9.78 Å². The average Bonchev–Trinajstić information content (AvgIpc) is 2.84. The van der Waals surface area contributed by atoms with Crippen LogP contribution in [-0.4, -0.2) is 55.3 Å². The Hall–Kier alpha value is -4.07. The second kappa shape index (κ2) is 9.60. The second-order valence-corrected chi connectivity index (χ2v) is 7.84. The van der Waals surface area contributed by atoms with Gasteiger partial charge in [0, 0.05) is 43.5 Å². The molecule has 0 saturated carbocycles. The monoisotopic (exact) mass is 446 g/mol. The third-order valence-electron chi connectivity index (χ3n) is 5.74. The number of benzene rings is 2. The van der Waals surface area contributed by atoms with Crippen LogP contribution in [0.4, 0.5) is 17.2 Å². The van der Waals surface area contributed by atoms with Crippen molar-refractivity contribution < 1.29 is 19.4 Å². The first-order valence-corrected chi connectivity index (χ1v) is 10.7. The molecule has 2 heterocycles. The molecular weight excluding hydrogens is 420 g/mol. The molecule has 8 heteroatoms. The van der Waals surface area contributed by atoms with Crippen molar-refractivity contribution in [1.29, 1.82) is 0 Å². The van der Waals surface area contributed by atoms with Crippen LogP contribution in [0.15, 0.2) is 60.8 Å². The van der Waals surface area contributed by atoms with E-state index < -0.39 is 5.97 Å². The highest BCUT2D eigenvalue weighted by Crippen LogP contribution is 2.26. The fraction of sp³-hybridized carbons (Fsp3) is 0.240. The zero-order valence-electron chi connectivity index (χ0n) is 18.6. The quantitative estimate of drug-likeness (QED) is 0.596. The number of rotatable bonds is 6. The molecule has 1 aromatic heterocycles. The molecule has 2 N–H and O–H groups in total. The minimum atomic E-state index is -1.08. The van der Waals surface area contributed by atoms with Crippen LogP contribution < -0.4 is 19.9 Å². The highest BCUT2D eigenvalue weighted by molar-refractivity contribution is 6.06. The fourth-order valence-corrected chi connectivity index (χ4v) is 3.95. The minimum absolute atomic E-state index is 0.0624. The summed E-state index contributed by atoms with van der Waals surface area (Å²) in [6, 6.07) is 16.6. The van der Waals surface area contributed by atoms with Gasteiger partial charge in [0.15, 0.2) is 0 Å². The number of carboxylic acids is 1. The maximum atomic E-state index is 12.6. The number of methoxy groups -OCH3 is 1. The van der Waals surface area contributed by atoms with Gasteiger partial charge in [-0.05, 0) is 36.8 Å². The van der Waals surface area contributed by atoms with Crippen LogP contribution in [0.5, 0.6) is 5.75 Å². The van der Waals surface area contributed by atoms with E-state index in [2.05, 4.69) is 15.2 Å². The first-order valence-electron chi connectivity index (χ1n) is 10.7. The highest BCUT2D eigenvalue weighted by Gasteiger charge is 2.24. The van der Waals surface area contributed by atoms with Crippen molar-refractivity contribution in [2.45, 2.75) is 6.92 Å². The third-order valence-corrected chi connectivity index (χ3v) is 5.74. The second-order valence-electron chi connectivity index (χ2n) is 7.84. The molecule has 1 saturated heterocycles. The first kappa shape index (κ1) is 22.1. The van der Waals surface area contributed by atoms with Crippen LogP contribution in [0.25, 0.3) is 0 Å². The average molecular weight is 447 g/mol. The van der Waals surface area contributed by atoms with E-state index in [1.165, 1.54) is 12.3 Å². The van der Waals surface area contributed by atoms with Crippen molar-refractivity contribution in [1.82, 2.24) is 4.98 Å². The number of hydrogen-bond acceptors (Lipinski definition) is 6. The molecule has 0 bridgehead atoms. The number of pyridine rings is 1. The van der Waals surface area contributed by atoms with Crippen LogP contribution in [0.3, 0.4) is 0 Å². The number of carboxylic acid groups (broad SMARTS) is 1. The smallest absolute Gasteiger partial charge is 0.339 e. The number of anilines is 3. The van der Waals surface area contributed by atoms with Crippen molar-refractivity contribution in [2.24, 2.45) is 0 Å². The number of carbonyl (C=O) groups is 2. The predicted octanol–water partition coefficient (Wildman–Crippen LogP) is 3.68. The fourth-order valence-electron chi connectivity index (χ4n) is 3.95. The van der Waals surface area contributed by atoms with Crippen LogP contribution >= 0.6 is 0 Å². The van der Waals surface area contributed by atoms with E-state index in [1.807, 2.05) is 48.2 Å². The first-order chi connectivity index (χ1) is 16.0. The molecule has 170 valence electrons. The number of aromatic nitrogens is 1. The maximum Gasteiger partial charge on any atom is 0.339 e. The number of piperazine rings is 1. The lowest BCUT2D eigenvalue weighted by Crippen LogP contribution is -2.47. The molecular formula is C25H26N4O4. The Balaban J connectivity index is 1.49. The number of aryl methyl sites for hydroxylation is 1. The van der Waals surface area contributed by atoms with Crippen LogP contribution in [0.2, 0.25) is 0 Å². The molecule has 3 aromatic rings. The van der Waals surface area contributed by atoms with E-state index in [0.29, 0.717) is 30.2 Å². The number of amides is 1. The largest absolute Gasteiger partial charge is 0.497 e. The molecule has 0 aliphatic carbocycles. The summed E-state index contributed by atoms with van der Waals surface area (Å²) in [6.07, 6.45) is 1.51. The molecule has 4 rings (SSSR count). The number of hydrogen-bond donors (Lipinski definition) is 2. The Morgan fingerprint density at radius 3 is 2.39 bits per heavy atom. The lowest BCUT2D eigenvalue weighted by atomic mass is 10.1. The Labute approximate surface area is 192 Å². The number of aromatic carboxylic acids is 1. The molecule has 1 aliphatic rings. The number of nitrogens with zero attached hydrogens (tertiary/aromatic N) is 3. The van der Waals surface area contributed by atoms with Gasteiger partial charge >= 0.3 is 5.97 Å². The Morgan fingerprint density at radius 2 is 1.70 bits per heavy atom. The standard InChI is InChI=1S/C25H26N4O4/c1-17-6-3-4-9-21(17)24(30)27-18-14-22(25(31)32)23(26-16-18)29-12-10-28(11-13-29)19-7-5-8-20(15-19)33-2/h3-9,14-16H,10-13H2,1-2H3,(H,27,30)(H,31,32). The van der Waals surface area contributed by atoms with Crippen LogP contribution in [-0.2, 0) is 0 Å². The van der Waals surface area contributed by atoms with Crippen molar-refractivity contribution in [3.8, 4) is 5.75 Å². The minimum Gasteiger partial charge on any atom is -0.497 e. The summed E-state index contributed by atoms with van der Waals surface area (Å²) in [5.41, 5.74) is 2.85. The summed E-state index contributed by atoms with van der Waals surface area (Å²) < 4.78 is 5.31. The SMILES string of the molecule is COc1cccc(N2CCN(c3ncc(NC(=O)c4ccccc4C)cc3C(=O)O)CC2)c1. The van der Waals surface area contributed by atoms with Gasteiger partial charge in [-0.2, -0.15) is 0 Å². The van der Waals surface area contributed by atoms with Gasteiger partial charge in [0.25, 0.3) is 5.91 Å². The van der Waals surface area contributed by atoms with Crippen molar-refractivity contribution >= 4 is 29.1 Å². The van der Waals surface area contributed by atoms with E-state index in [1.54, 1.807) is 19.2 Å². The molecule has 1 amide bonds. The van der Waals surface area contributed by atoms with E-state index in [4.69, 9.17) is 4.74 Å². The van der Waals surface area contributed by atoms with Gasteiger partial charge in [-0.3, -0.25) is 4.79 Å². The molecule has 1 aliphatic heterocycles.